The van der Waals surface area contributed by atoms with Crippen LogP contribution >= 0.6 is 35.3 Å². The monoisotopic (exact) mass is 401 g/mol. The van der Waals surface area contributed by atoms with Gasteiger partial charge < -0.3 is 5.32 Å². The molecule has 7 heteroatoms. The molecule has 0 saturated carbocycles. The van der Waals surface area contributed by atoms with Crippen LogP contribution in [-0.4, -0.2) is 21.4 Å². The Morgan fingerprint density at radius 2 is 2.00 bits per heavy atom. The van der Waals surface area contributed by atoms with Gasteiger partial charge >= 0.3 is 0 Å². The molecule has 134 valence electrons. The zero-order valence-corrected chi connectivity index (χ0v) is 17.0. The molecule has 0 aliphatic heterocycles. The number of nitrogens with one attached hydrogen (secondary N) is 1. The first-order valence-electron chi connectivity index (χ1n) is 8.21. The van der Waals surface area contributed by atoms with E-state index in [2.05, 4.69) is 30.3 Å². The first kappa shape index (κ1) is 18.8. The van der Waals surface area contributed by atoms with Gasteiger partial charge in [-0.2, -0.15) is 0 Å². The van der Waals surface area contributed by atoms with Gasteiger partial charge in [-0.05, 0) is 48.0 Å². The van der Waals surface area contributed by atoms with Gasteiger partial charge in [-0.1, -0.05) is 67.3 Å². The molecule has 0 aliphatic carbocycles. The second-order valence-electron chi connectivity index (χ2n) is 6.00. The van der Waals surface area contributed by atoms with Gasteiger partial charge in [0.25, 0.3) is 0 Å². The highest BCUT2D eigenvalue weighted by atomic mass is 32.2. The average molecular weight is 402 g/mol. The Labute approximate surface area is 166 Å². The van der Waals surface area contributed by atoms with Crippen LogP contribution in [0.15, 0.2) is 58.9 Å². The lowest BCUT2D eigenvalue weighted by molar-refractivity contribution is -0.113. The molecule has 0 saturated heterocycles. The van der Waals surface area contributed by atoms with Gasteiger partial charge in [0.2, 0.25) is 5.91 Å². The molecular formula is C19H19N3OS3. The summed E-state index contributed by atoms with van der Waals surface area (Å²) in [4.78, 5) is 12.2. The minimum Gasteiger partial charge on any atom is -0.325 e. The number of carbonyl (C=O) groups is 1. The first-order chi connectivity index (χ1) is 12.5. The number of carbonyl (C=O) groups excluding carboxylic acids is 1. The Bertz CT molecular complexity index is 948. The van der Waals surface area contributed by atoms with Gasteiger partial charge in [-0.25, -0.2) is 4.68 Å². The fourth-order valence-electron chi connectivity index (χ4n) is 2.35. The number of hydrogen-bond acceptors (Lipinski definition) is 5. The summed E-state index contributed by atoms with van der Waals surface area (Å²) in [6.07, 6.45) is 0. The number of nitrogens with zero attached hydrogens (tertiary/aromatic N) is 2. The summed E-state index contributed by atoms with van der Waals surface area (Å²) in [6.45, 7) is 4.27. The summed E-state index contributed by atoms with van der Waals surface area (Å²) in [7, 11) is 0. The maximum atomic E-state index is 12.2. The molecule has 0 radical (unpaired) electrons. The number of rotatable bonds is 6. The van der Waals surface area contributed by atoms with Crippen LogP contribution in [0.3, 0.4) is 0 Å². The van der Waals surface area contributed by atoms with E-state index in [9.17, 15) is 4.79 Å². The Hall–Kier alpha value is -1.96. The van der Waals surface area contributed by atoms with E-state index in [1.807, 2.05) is 48.5 Å². The van der Waals surface area contributed by atoms with Crippen LogP contribution in [0.5, 0.6) is 0 Å². The van der Waals surface area contributed by atoms with Crippen molar-refractivity contribution < 1.29 is 4.79 Å². The average Bonchev–Trinajstić information content (AvgIpc) is 3.02. The number of anilines is 1. The van der Waals surface area contributed by atoms with E-state index < -0.39 is 0 Å². The van der Waals surface area contributed by atoms with E-state index in [4.69, 9.17) is 12.2 Å². The minimum atomic E-state index is -0.0525. The van der Waals surface area contributed by atoms with Gasteiger partial charge in [0, 0.05) is 5.69 Å². The molecule has 1 N–H and O–H groups in total. The normalized spacial score (nSPS) is 10.9. The molecule has 1 heterocycles. The van der Waals surface area contributed by atoms with E-state index in [1.165, 1.54) is 28.7 Å². The third kappa shape index (κ3) is 4.81. The molecule has 3 aromatic rings. The molecule has 0 unspecified atom stereocenters. The maximum Gasteiger partial charge on any atom is 0.234 e. The highest BCUT2D eigenvalue weighted by Crippen LogP contribution is 2.24. The summed E-state index contributed by atoms with van der Waals surface area (Å²) >= 11 is 8.19. The zero-order valence-electron chi connectivity index (χ0n) is 14.5. The van der Waals surface area contributed by atoms with Gasteiger partial charge in [0.05, 0.1) is 11.4 Å². The van der Waals surface area contributed by atoms with Crippen LogP contribution in [0.2, 0.25) is 0 Å². The molecule has 0 spiro atoms. The summed E-state index contributed by atoms with van der Waals surface area (Å²) in [5, 5.41) is 7.46. The van der Waals surface area contributed by atoms with Crippen molar-refractivity contribution in [2.75, 3.05) is 11.1 Å². The standard InChI is InChI=1S/C19H19N3OS3/c1-13(2)14-7-6-8-15(11-14)20-17(23)12-25-18-21-22(19(24)26-18)16-9-4-3-5-10-16/h3-11,13H,12H2,1-2H3,(H,20,23). The predicted molar refractivity (Wildman–Crippen MR) is 112 cm³/mol. The number of benzene rings is 2. The third-order valence-electron chi connectivity index (χ3n) is 3.69. The molecule has 0 aliphatic rings. The molecule has 0 bridgehead atoms. The van der Waals surface area contributed by atoms with Crippen molar-refractivity contribution in [2.45, 2.75) is 24.1 Å². The van der Waals surface area contributed by atoms with Crippen molar-refractivity contribution in [3.05, 3.63) is 64.1 Å². The molecule has 26 heavy (non-hydrogen) atoms. The molecule has 3 rings (SSSR count). The summed E-state index contributed by atoms with van der Waals surface area (Å²) < 4.78 is 3.18. The lowest BCUT2D eigenvalue weighted by Gasteiger charge is -2.09. The number of aromatic nitrogens is 2. The summed E-state index contributed by atoms with van der Waals surface area (Å²) in [5.41, 5.74) is 2.95. The molecular weight excluding hydrogens is 382 g/mol. The van der Waals surface area contributed by atoms with Crippen LogP contribution in [0, 0.1) is 3.95 Å². The van der Waals surface area contributed by atoms with Crippen molar-refractivity contribution in [1.29, 1.82) is 0 Å². The lowest BCUT2D eigenvalue weighted by Crippen LogP contribution is -2.14. The van der Waals surface area contributed by atoms with E-state index >= 15 is 0 Å². The number of para-hydroxylation sites is 1. The Kier molecular flexibility index (Phi) is 6.24. The molecule has 2 aromatic carbocycles. The molecule has 1 aromatic heterocycles. The van der Waals surface area contributed by atoms with Gasteiger partial charge in [-0.15, -0.1) is 5.10 Å². The largest absolute Gasteiger partial charge is 0.325 e. The van der Waals surface area contributed by atoms with E-state index in [0.717, 1.165) is 15.7 Å². The smallest absolute Gasteiger partial charge is 0.234 e. The highest BCUT2D eigenvalue weighted by molar-refractivity contribution is 8.01. The van der Waals surface area contributed by atoms with Crippen molar-refractivity contribution in [3.8, 4) is 5.69 Å². The predicted octanol–water partition coefficient (Wildman–Crippen LogP) is 5.52. The lowest BCUT2D eigenvalue weighted by atomic mass is 10.0. The van der Waals surface area contributed by atoms with Crippen LogP contribution in [0.25, 0.3) is 5.69 Å². The summed E-state index contributed by atoms with van der Waals surface area (Å²) in [5.74, 6) is 0.668. The van der Waals surface area contributed by atoms with Crippen LogP contribution in [-0.2, 0) is 4.79 Å². The number of amides is 1. The van der Waals surface area contributed by atoms with Crippen LogP contribution in [0.1, 0.15) is 25.3 Å². The molecule has 0 atom stereocenters. The van der Waals surface area contributed by atoms with Crippen molar-refractivity contribution in [3.63, 3.8) is 0 Å². The highest BCUT2D eigenvalue weighted by Gasteiger charge is 2.10. The fraction of sp³-hybridized carbons (Fsp3) is 0.211. The molecule has 0 fully saturated rings. The number of thioether (sulfide) groups is 1. The first-order valence-corrected chi connectivity index (χ1v) is 10.4. The van der Waals surface area contributed by atoms with Crippen molar-refractivity contribution >= 4 is 46.9 Å². The van der Waals surface area contributed by atoms with Gasteiger partial charge in [-0.3, -0.25) is 4.79 Å². The maximum absolute atomic E-state index is 12.2. The quantitative estimate of drug-likeness (QED) is 0.436. The van der Waals surface area contributed by atoms with Crippen LogP contribution in [0.4, 0.5) is 5.69 Å². The van der Waals surface area contributed by atoms with Crippen molar-refractivity contribution in [2.24, 2.45) is 0 Å². The summed E-state index contributed by atoms with van der Waals surface area (Å²) in [6, 6.07) is 17.7. The number of hydrogen-bond donors (Lipinski definition) is 1. The fourth-order valence-corrected chi connectivity index (χ4v) is 4.51. The third-order valence-corrected chi connectivity index (χ3v) is 6.06. The zero-order chi connectivity index (χ0) is 18.5. The topological polar surface area (TPSA) is 46.9 Å². The van der Waals surface area contributed by atoms with Gasteiger partial charge in [0.1, 0.15) is 0 Å². The second kappa shape index (κ2) is 8.62. The van der Waals surface area contributed by atoms with Crippen LogP contribution < -0.4 is 5.32 Å². The van der Waals surface area contributed by atoms with E-state index in [-0.39, 0.29) is 5.91 Å². The Morgan fingerprint density at radius 3 is 2.73 bits per heavy atom. The van der Waals surface area contributed by atoms with Gasteiger partial charge in [0.15, 0.2) is 8.29 Å². The Balaban J connectivity index is 1.62. The second-order valence-corrected chi connectivity index (χ2v) is 8.84. The SMILES string of the molecule is CC(C)c1cccc(NC(=O)CSc2nn(-c3ccccc3)c(=S)s2)c1. The van der Waals surface area contributed by atoms with Crippen molar-refractivity contribution in [1.82, 2.24) is 9.78 Å². The molecule has 4 nitrogen and oxygen atoms in total. The van der Waals surface area contributed by atoms with E-state index in [1.54, 1.807) is 4.68 Å². The Morgan fingerprint density at radius 1 is 1.23 bits per heavy atom. The van der Waals surface area contributed by atoms with E-state index in [0.29, 0.717) is 15.6 Å². The molecule has 1 amide bonds. The minimum absolute atomic E-state index is 0.0525.